The van der Waals surface area contributed by atoms with Crippen molar-refractivity contribution in [2.75, 3.05) is 25.1 Å². The number of thiocarbonyl (C=S) groups is 1. The van der Waals surface area contributed by atoms with E-state index in [4.69, 9.17) is 33.3 Å². The molecule has 0 aromatic heterocycles. The summed E-state index contributed by atoms with van der Waals surface area (Å²) >= 11 is 11.0. The highest BCUT2D eigenvalue weighted by atomic mass is 35.5. The summed E-state index contributed by atoms with van der Waals surface area (Å²) in [5.74, 6) is 0.384. The van der Waals surface area contributed by atoms with E-state index in [-0.39, 0.29) is 11.0 Å². The van der Waals surface area contributed by atoms with Crippen LogP contribution in [0.25, 0.3) is 0 Å². The first-order chi connectivity index (χ1) is 12.1. The summed E-state index contributed by atoms with van der Waals surface area (Å²) in [4.78, 5) is 12.1. The van der Waals surface area contributed by atoms with Crippen molar-refractivity contribution >= 4 is 40.5 Å². The van der Waals surface area contributed by atoms with Crippen LogP contribution in [0.15, 0.2) is 48.5 Å². The van der Waals surface area contributed by atoms with Crippen molar-refractivity contribution in [1.29, 1.82) is 0 Å². The van der Waals surface area contributed by atoms with E-state index in [1.54, 1.807) is 30.3 Å². The molecular formula is C18H19ClN2O3S. The number of carbonyl (C=O) groups is 1. The van der Waals surface area contributed by atoms with Crippen LogP contribution in [0, 0.1) is 0 Å². The number of nitrogens with one attached hydrogen (secondary N) is 2. The molecule has 0 unspecified atom stereocenters. The van der Waals surface area contributed by atoms with Crippen LogP contribution in [0.1, 0.15) is 17.3 Å². The number of rotatable bonds is 7. The van der Waals surface area contributed by atoms with Crippen LogP contribution in [0.5, 0.6) is 5.75 Å². The summed E-state index contributed by atoms with van der Waals surface area (Å²) in [5.41, 5.74) is 1.19. The average molecular weight is 379 g/mol. The lowest BCUT2D eigenvalue weighted by molar-refractivity contribution is 0.0977. The van der Waals surface area contributed by atoms with Gasteiger partial charge in [-0.1, -0.05) is 17.7 Å². The highest BCUT2D eigenvalue weighted by Crippen LogP contribution is 2.17. The molecule has 0 aliphatic heterocycles. The molecule has 2 aromatic carbocycles. The zero-order valence-electron chi connectivity index (χ0n) is 13.8. The molecule has 0 radical (unpaired) electrons. The summed E-state index contributed by atoms with van der Waals surface area (Å²) in [6, 6.07) is 13.9. The highest BCUT2D eigenvalue weighted by Gasteiger charge is 2.08. The fourth-order valence-corrected chi connectivity index (χ4v) is 2.30. The Labute approximate surface area is 157 Å². The normalized spacial score (nSPS) is 10.2. The number of anilines is 1. The van der Waals surface area contributed by atoms with Crippen LogP contribution in [-0.2, 0) is 4.74 Å². The topological polar surface area (TPSA) is 59.6 Å². The molecule has 5 nitrogen and oxygen atoms in total. The van der Waals surface area contributed by atoms with Crippen LogP contribution in [0.3, 0.4) is 0 Å². The summed E-state index contributed by atoms with van der Waals surface area (Å²) in [6.45, 7) is 3.59. The molecule has 2 rings (SSSR count). The number of ether oxygens (including phenoxy) is 2. The molecule has 2 N–H and O–H groups in total. The summed E-state index contributed by atoms with van der Waals surface area (Å²) in [5, 5.41) is 6.35. The van der Waals surface area contributed by atoms with E-state index in [2.05, 4.69) is 10.6 Å². The summed E-state index contributed by atoms with van der Waals surface area (Å²) in [7, 11) is 0. The van der Waals surface area contributed by atoms with Gasteiger partial charge in [0.1, 0.15) is 12.4 Å². The maximum Gasteiger partial charge on any atom is 0.257 e. The number of amides is 1. The minimum absolute atomic E-state index is 0.200. The monoisotopic (exact) mass is 378 g/mol. The van der Waals surface area contributed by atoms with E-state index in [1.165, 1.54) is 0 Å². The maximum absolute atomic E-state index is 12.1. The predicted molar refractivity (Wildman–Crippen MR) is 104 cm³/mol. The molecular weight excluding hydrogens is 360 g/mol. The van der Waals surface area contributed by atoms with Gasteiger partial charge in [0.15, 0.2) is 5.11 Å². The standard InChI is InChI=1S/C18H19ClN2O3S/c1-2-23-10-11-24-16-5-3-4-15(12-16)20-18(25)21-17(22)13-6-8-14(19)9-7-13/h3-9,12H,2,10-11H2,1H3,(H2,20,21,22,25). The van der Waals surface area contributed by atoms with Gasteiger partial charge in [-0.05, 0) is 55.5 Å². The zero-order valence-corrected chi connectivity index (χ0v) is 15.3. The van der Waals surface area contributed by atoms with Gasteiger partial charge in [0, 0.05) is 28.9 Å². The smallest absolute Gasteiger partial charge is 0.257 e. The molecule has 0 spiro atoms. The van der Waals surface area contributed by atoms with Gasteiger partial charge in [-0.2, -0.15) is 0 Å². The predicted octanol–water partition coefficient (Wildman–Crippen LogP) is 3.88. The Kier molecular flexibility index (Phi) is 7.66. The number of carbonyl (C=O) groups excluding carboxylic acids is 1. The number of hydrogen-bond donors (Lipinski definition) is 2. The van der Waals surface area contributed by atoms with E-state index in [0.717, 1.165) is 5.69 Å². The van der Waals surface area contributed by atoms with Gasteiger partial charge in [-0.25, -0.2) is 0 Å². The molecule has 0 atom stereocenters. The molecule has 0 aliphatic rings. The van der Waals surface area contributed by atoms with Gasteiger partial charge in [0.25, 0.3) is 5.91 Å². The van der Waals surface area contributed by atoms with Crippen molar-refractivity contribution in [1.82, 2.24) is 5.32 Å². The van der Waals surface area contributed by atoms with Crippen molar-refractivity contribution in [2.45, 2.75) is 6.92 Å². The molecule has 25 heavy (non-hydrogen) atoms. The largest absolute Gasteiger partial charge is 0.491 e. The fraction of sp³-hybridized carbons (Fsp3) is 0.222. The van der Waals surface area contributed by atoms with Gasteiger partial charge < -0.3 is 14.8 Å². The first kappa shape index (κ1) is 19.2. The van der Waals surface area contributed by atoms with Crippen molar-refractivity contribution in [2.24, 2.45) is 0 Å². The van der Waals surface area contributed by atoms with E-state index in [1.807, 2.05) is 25.1 Å². The molecule has 0 saturated heterocycles. The second-order valence-corrected chi connectivity index (χ2v) is 5.83. The van der Waals surface area contributed by atoms with Gasteiger partial charge in [-0.3, -0.25) is 10.1 Å². The number of hydrogen-bond acceptors (Lipinski definition) is 4. The molecule has 2 aromatic rings. The average Bonchev–Trinajstić information content (AvgIpc) is 2.59. The Balaban J connectivity index is 1.87. The molecule has 7 heteroatoms. The number of halogens is 1. The lowest BCUT2D eigenvalue weighted by Crippen LogP contribution is -2.34. The van der Waals surface area contributed by atoms with E-state index >= 15 is 0 Å². The Hall–Kier alpha value is -2.15. The molecule has 0 bridgehead atoms. The number of benzene rings is 2. The Bertz CT molecular complexity index is 723. The van der Waals surface area contributed by atoms with Crippen molar-refractivity contribution < 1.29 is 14.3 Å². The summed E-state index contributed by atoms with van der Waals surface area (Å²) in [6.07, 6.45) is 0. The lowest BCUT2D eigenvalue weighted by Gasteiger charge is -2.11. The Morgan fingerprint density at radius 3 is 2.64 bits per heavy atom. The third-order valence-corrected chi connectivity index (χ3v) is 3.58. The second-order valence-electron chi connectivity index (χ2n) is 4.99. The molecule has 132 valence electrons. The van der Waals surface area contributed by atoms with Crippen LogP contribution in [0.4, 0.5) is 5.69 Å². The van der Waals surface area contributed by atoms with Crippen molar-refractivity contribution in [3.63, 3.8) is 0 Å². The van der Waals surface area contributed by atoms with Gasteiger partial charge in [-0.15, -0.1) is 0 Å². The Morgan fingerprint density at radius 2 is 1.92 bits per heavy atom. The minimum atomic E-state index is -0.307. The molecule has 0 fully saturated rings. The van der Waals surface area contributed by atoms with E-state index in [0.29, 0.717) is 36.2 Å². The van der Waals surface area contributed by atoms with Crippen LogP contribution in [0.2, 0.25) is 5.02 Å². The van der Waals surface area contributed by atoms with E-state index in [9.17, 15) is 4.79 Å². The first-order valence-corrected chi connectivity index (χ1v) is 8.55. The Morgan fingerprint density at radius 1 is 1.16 bits per heavy atom. The van der Waals surface area contributed by atoms with Crippen molar-refractivity contribution in [3.05, 3.63) is 59.1 Å². The van der Waals surface area contributed by atoms with Crippen LogP contribution >= 0.6 is 23.8 Å². The molecule has 0 aliphatic carbocycles. The van der Waals surface area contributed by atoms with Gasteiger partial charge >= 0.3 is 0 Å². The SMILES string of the molecule is CCOCCOc1cccc(NC(=S)NC(=O)c2ccc(Cl)cc2)c1. The van der Waals surface area contributed by atoms with E-state index < -0.39 is 0 Å². The molecule has 0 heterocycles. The highest BCUT2D eigenvalue weighted by molar-refractivity contribution is 7.80. The lowest BCUT2D eigenvalue weighted by atomic mass is 10.2. The fourth-order valence-electron chi connectivity index (χ4n) is 1.97. The molecule has 1 amide bonds. The van der Waals surface area contributed by atoms with Crippen LogP contribution < -0.4 is 15.4 Å². The van der Waals surface area contributed by atoms with Gasteiger partial charge in [0.2, 0.25) is 0 Å². The minimum Gasteiger partial charge on any atom is -0.491 e. The maximum atomic E-state index is 12.1. The summed E-state index contributed by atoms with van der Waals surface area (Å²) < 4.78 is 10.8. The zero-order chi connectivity index (χ0) is 18.1. The molecule has 0 saturated carbocycles. The van der Waals surface area contributed by atoms with Crippen molar-refractivity contribution in [3.8, 4) is 5.75 Å². The second kappa shape index (κ2) is 9.98. The van der Waals surface area contributed by atoms with Crippen LogP contribution in [-0.4, -0.2) is 30.8 Å². The quantitative estimate of drug-likeness (QED) is 0.565. The van der Waals surface area contributed by atoms with Gasteiger partial charge in [0.05, 0.1) is 6.61 Å². The third kappa shape index (κ3) is 6.70. The first-order valence-electron chi connectivity index (χ1n) is 7.77. The third-order valence-electron chi connectivity index (χ3n) is 3.13.